The van der Waals surface area contributed by atoms with E-state index >= 15 is 0 Å². The molecule has 0 aliphatic carbocycles. The van der Waals surface area contributed by atoms with Gasteiger partial charge in [0.1, 0.15) is 5.78 Å². The summed E-state index contributed by atoms with van der Waals surface area (Å²) in [6.07, 6.45) is 2.70. The van der Waals surface area contributed by atoms with Crippen LogP contribution in [0.1, 0.15) is 26.2 Å². The van der Waals surface area contributed by atoms with Crippen molar-refractivity contribution in [3.63, 3.8) is 0 Å². The Bertz CT molecular complexity index is 116. The average Bonchev–Trinajstić information content (AvgIpc) is 1.82. The number of Topliss-reactive ketones (excluding diaryl/α,β-unsaturated/α-hetero) is 1. The van der Waals surface area contributed by atoms with E-state index in [-0.39, 0.29) is 12.2 Å². The smallest absolute Gasteiger partial charge is 0.135 e. The van der Waals surface area contributed by atoms with Gasteiger partial charge in [-0.3, -0.25) is 4.79 Å². The first kappa shape index (κ1) is 9.37. The fraction of sp³-hybridized carbons (Fsp3) is 0.625. The lowest BCUT2D eigenvalue weighted by atomic mass is 10.1. The van der Waals surface area contributed by atoms with Gasteiger partial charge in [-0.05, 0) is 13.3 Å². The molecule has 0 radical (unpaired) electrons. The second-order valence-corrected chi connectivity index (χ2v) is 2.42. The van der Waals surface area contributed by atoms with E-state index in [4.69, 9.17) is 5.11 Å². The van der Waals surface area contributed by atoms with Crippen molar-refractivity contribution < 1.29 is 9.90 Å². The Hall–Kier alpha value is -0.630. The number of carbonyl (C=O) groups is 1. The van der Waals surface area contributed by atoms with Gasteiger partial charge in [-0.15, -0.1) is 6.58 Å². The maximum absolute atomic E-state index is 10.8. The molecule has 1 N–H and O–H groups in total. The molecule has 0 heterocycles. The van der Waals surface area contributed by atoms with E-state index in [1.807, 2.05) is 0 Å². The molecule has 0 amide bonds. The van der Waals surface area contributed by atoms with Crippen molar-refractivity contribution in [3.8, 4) is 0 Å². The van der Waals surface area contributed by atoms with E-state index < -0.39 is 6.10 Å². The van der Waals surface area contributed by atoms with Crippen molar-refractivity contribution in [2.45, 2.75) is 32.3 Å². The van der Waals surface area contributed by atoms with Crippen LogP contribution in [-0.2, 0) is 4.79 Å². The molecule has 0 aromatic rings. The summed E-state index contributed by atoms with van der Waals surface area (Å²) in [6, 6.07) is 0. The number of carbonyl (C=O) groups excluding carboxylic acids is 1. The molecule has 0 aromatic heterocycles. The molecule has 0 bridgehead atoms. The van der Waals surface area contributed by atoms with Crippen LogP contribution >= 0.6 is 0 Å². The summed E-state index contributed by atoms with van der Waals surface area (Å²) in [4.78, 5) is 10.8. The highest BCUT2D eigenvalue weighted by Crippen LogP contribution is 1.98. The van der Waals surface area contributed by atoms with E-state index in [1.165, 1.54) is 0 Å². The average molecular weight is 142 g/mol. The van der Waals surface area contributed by atoms with Gasteiger partial charge in [0, 0.05) is 12.8 Å². The molecule has 2 nitrogen and oxygen atoms in total. The fourth-order valence-electron chi connectivity index (χ4n) is 0.695. The van der Waals surface area contributed by atoms with Crippen LogP contribution in [0.15, 0.2) is 12.7 Å². The van der Waals surface area contributed by atoms with Crippen molar-refractivity contribution in [1.29, 1.82) is 0 Å². The largest absolute Gasteiger partial charge is 0.393 e. The zero-order chi connectivity index (χ0) is 7.98. The Morgan fingerprint density at radius 2 is 2.40 bits per heavy atom. The second kappa shape index (κ2) is 5.18. The number of hydrogen-bond donors (Lipinski definition) is 1. The highest BCUT2D eigenvalue weighted by atomic mass is 16.3. The van der Waals surface area contributed by atoms with E-state index in [1.54, 1.807) is 13.0 Å². The van der Waals surface area contributed by atoms with Crippen molar-refractivity contribution in [2.24, 2.45) is 0 Å². The van der Waals surface area contributed by atoms with E-state index in [0.717, 1.165) is 0 Å². The van der Waals surface area contributed by atoms with Crippen molar-refractivity contribution in [3.05, 3.63) is 12.7 Å². The van der Waals surface area contributed by atoms with Gasteiger partial charge in [0.2, 0.25) is 0 Å². The molecule has 1 unspecified atom stereocenters. The predicted octanol–water partition coefficient (Wildman–Crippen LogP) is 1.29. The Labute approximate surface area is 61.6 Å². The van der Waals surface area contributed by atoms with Crippen LogP contribution in [0.25, 0.3) is 0 Å². The quantitative estimate of drug-likeness (QED) is 0.587. The molecule has 10 heavy (non-hydrogen) atoms. The zero-order valence-electron chi connectivity index (χ0n) is 6.34. The van der Waals surface area contributed by atoms with Crippen LogP contribution in [0.5, 0.6) is 0 Å². The minimum atomic E-state index is -0.502. The van der Waals surface area contributed by atoms with Gasteiger partial charge in [0.05, 0.1) is 6.10 Å². The fourth-order valence-corrected chi connectivity index (χ4v) is 0.695. The summed E-state index contributed by atoms with van der Waals surface area (Å²) in [6.45, 7) is 5.11. The van der Waals surface area contributed by atoms with Gasteiger partial charge in [0.15, 0.2) is 0 Å². The Balaban J connectivity index is 3.34. The van der Waals surface area contributed by atoms with Gasteiger partial charge < -0.3 is 5.11 Å². The summed E-state index contributed by atoms with van der Waals surface area (Å²) in [5.41, 5.74) is 0. The number of aliphatic hydroxyl groups is 1. The van der Waals surface area contributed by atoms with Gasteiger partial charge >= 0.3 is 0 Å². The first-order chi connectivity index (χ1) is 4.66. The number of aliphatic hydroxyl groups excluding tert-OH is 1. The number of ketones is 1. The third-order valence-electron chi connectivity index (χ3n) is 1.15. The van der Waals surface area contributed by atoms with Crippen LogP contribution in [-0.4, -0.2) is 17.0 Å². The lowest BCUT2D eigenvalue weighted by Crippen LogP contribution is -2.08. The molecule has 0 spiro atoms. The third-order valence-corrected chi connectivity index (χ3v) is 1.15. The first-order valence-corrected chi connectivity index (χ1v) is 3.47. The van der Waals surface area contributed by atoms with Gasteiger partial charge in [-0.1, -0.05) is 6.08 Å². The molecular formula is C8H14O2. The van der Waals surface area contributed by atoms with Crippen LogP contribution in [0, 0.1) is 0 Å². The van der Waals surface area contributed by atoms with Gasteiger partial charge in [-0.2, -0.15) is 0 Å². The Morgan fingerprint density at radius 1 is 1.80 bits per heavy atom. The molecular weight excluding hydrogens is 128 g/mol. The number of allylic oxidation sites excluding steroid dienone is 1. The summed E-state index contributed by atoms with van der Waals surface area (Å²) in [7, 11) is 0. The molecule has 2 heteroatoms. The monoisotopic (exact) mass is 142 g/mol. The number of rotatable bonds is 5. The third kappa shape index (κ3) is 5.51. The lowest BCUT2D eigenvalue weighted by molar-refractivity contribution is -0.120. The standard InChI is InChI=1S/C8H14O2/c1-3-4-5-8(10)6-7(2)9/h3,7,9H,1,4-6H2,2H3. The maximum Gasteiger partial charge on any atom is 0.135 e. The van der Waals surface area contributed by atoms with E-state index in [2.05, 4.69) is 6.58 Å². The first-order valence-electron chi connectivity index (χ1n) is 3.47. The molecule has 0 fully saturated rings. The Morgan fingerprint density at radius 3 is 2.80 bits per heavy atom. The Kier molecular flexibility index (Phi) is 4.85. The SMILES string of the molecule is C=CCCC(=O)CC(C)O. The van der Waals surface area contributed by atoms with Crippen LogP contribution in [0.2, 0.25) is 0 Å². The molecule has 1 atom stereocenters. The second-order valence-electron chi connectivity index (χ2n) is 2.42. The lowest BCUT2D eigenvalue weighted by Gasteiger charge is -2.00. The minimum Gasteiger partial charge on any atom is -0.393 e. The molecule has 0 aliphatic rings. The van der Waals surface area contributed by atoms with E-state index in [9.17, 15) is 4.79 Å². The molecule has 0 saturated heterocycles. The van der Waals surface area contributed by atoms with Crippen molar-refractivity contribution in [1.82, 2.24) is 0 Å². The number of hydrogen-bond acceptors (Lipinski definition) is 2. The minimum absolute atomic E-state index is 0.106. The molecule has 0 rings (SSSR count). The van der Waals surface area contributed by atoms with Gasteiger partial charge in [-0.25, -0.2) is 0 Å². The summed E-state index contributed by atoms with van der Waals surface area (Å²) < 4.78 is 0. The normalized spacial score (nSPS) is 12.6. The highest BCUT2D eigenvalue weighted by molar-refractivity contribution is 5.78. The van der Waals surface area contributed by atoms with Crippen LogP contribution in [0.4, 0.5) is 0 Å². The summed E-state index contributed by atoms with van der Waals surface area (Å²) in [5, 5.41) is 8.78. The molecule has 0 saturated carbocycles. The van der Waals surface area contributed by atoms with Crippen molar-refractivity contribution in [2.75, 3.05) is 0 Å². The van der Waals surface area contributed by atoms with Gasteiger partial charge in [0.25, 0.3) is 0 Å². The highest BCUT2D eigenvalue weighted by Gasteiger charge is 2.03. The molecule has 0 aromatic carbocycles. The van der Waals surface area contributed by atoms with Crippen LogP contribution in [0.3, 0.4) is 0 Å². The van der Waals surface area contributed by atoms with Crippen molar-refractivity contribution >= 4 is 5.78 Å². The zero-order valence-corrected chi connectivity index (χ0v) is 6.34. The van der Waals surface area contributed by atoms with E-state index in [0.29, 0.717) is 12.8 Å². The molecule has 58 valence electrons. The van der Waals surface area contributed by atoms with Crippen LogP contribution < -0.4 is 0 Å². The topological polar surface area (TPSA) is 37.3 Å². The maximum atomic E-state index is 10.8. The predicted molar refractivity (Wildman–Crippen MR) is 40.7 cm³/mol. The summed E-state index contributed by atoms with van der Waals surface area (Å²) in [5.74, 6) is 0.106. The summed E-state index contributed by atoms with van der Waals surface area (Å²) >= 11 is 0. The molecule has 0 aliphatic heterocycles.